The smallest absolute Gasteiger partial charge is 0.237 e. The average molecular weight is 172 g/mol. The van der Waals surface area contributed by atoms with Crippen LogP contribution < -0.4 is 10.6 Å². The molecule has 0 rings (SSSR count). The highest BCUT2D eigenvalue weighted by Gasteiger charge is 2.14. The van der Waals surface area contributed by atoms with Gasteiger partial charge in [-0.2, -0.15) is 0 Å². The Kier molecular flexibility index (Phi) is 4.90. The van der Waals surface area contributed by atoms with Crippen LogP contribution in [0, 0.1) is 5.92 Å². The molecule has 0 aliphatic carbocycles. The van der Waals surface area contributed by atoms with E-state index in [2.05, 4.69) is 24.5 Å². The third kappa shape index (κ3) is 3.72. The van der Waals surface area contributed by atoms with Gasteiger partial charge in [-0.05, 0) is 26.8 Å². The minimum absolute atomic E-state index is 0.0682. The molecule has 1 unspecified atom stereocenters. The van der Waals surface area contributed by atoms with Crippen molar-refractivity contribution in [2.75, 3.05) is 7.05 Å². The van der Waals surface area contributed by atoms with Crippen molar-refractivity contribution < 1.29 is 4.79 Å². The number of carbonyl (C=O) groups is 1. The Morgan fingerprint density at radius 1 is 1.17 bits per heavy atom. The summed E-state index contributed by atoms with van der Waals surface area (Å²) in [5.74, 6) is 0.553. The van der Waals surface area contributed by atoms with Gasteiger partial charge in [0.2, 0.25) is 5.91 Å². The maximum absolute atomic E-state index is 11.3. The summed E-state index contributed by atoms with van der Waals surface area (Å²) in [4.78, 5) is 11.3. The fourth-order valence-corrected chi connectivity index (χ4v) is 0.647. The molecule has 0 aromatic heterocycles. The first-order valence-corrected chi connectivity index (χ1v) is 4.46. The summed E-state index contributed by atoms with van der Waals surface area (Å²) in [6.07, 6.45) is 0. The van der Waals surface area contributed by atoms with Gasteiger partial charge >= 0.3 is 0 Å². The Balaban J connectivity index is 3.84. The molecule has 0 bridgehead atoms. The van der Waals surface area contributed by atoms with E-state index in [1.54, 1.807) is 7.05 Å². The molecule has 0 aliphatic heterocycles. The van der Waals surface area contributed by atoms with Crippen LogP contribution in [0.4, 0.5) is 0 Å². The summed E-state index contributed by atoms with van der Waals surface area (Å²) in [6, 6.07) is 0.138. The van der Waals surface area contributed by atoms with Gasteiger partial charge in [-0.15, -0.1) is 0 Å². The molecule has 0 saturated carbocycles. The van der Waals surface area contributed by atoms with E-state index in [0.717, 1.165) is 0 Å². The Morgan fingerprint density at radius 2 is 1.67 bits per heavy atom. The lowest BCUT2D eigenvalue weighted by atomic mass is 10.1. The van der Waals surface area contributed by atoms with E-state index in [4.69, 9.17) is 0 Å². The standard InChI is InChI=1S/C9H20N2O/c1-6(2)7(3)11-9(12)8(4)10-5/h6-8,10H,1-5H3,(H,11,12)/t7?,8-/m0/s1. The van der Waals surface area contributed by atoms with E-state index in [1.807, 2.05) is 13.8 Å². The Hall–Kier alpha value is -0.570. The molecule has 0 saturated heterocycles. The molecule has 2 atom stereocenters. The van der Waals surface area contributed by atoms with Crippen LogP contribution >= 0.6 is 0 Å². The fraction of sp³-hybridized carbons (Fsp3) is 0.889. The van der Waals surface area contributed by atoms with Gasteiger partial charge in [0.1, 0.15) is 0 Å². The van der Waals surface area contributed by atoms with Crippen molar-refractivity contribution in [3.8, 4) is 0 Å². The quantitative estimate of drug-likeness (QED) is 0.657. The first kappa shape index (κ1) is 11.4. The van der Waals surface area contributed by atoms with Gasteiger partial charge in [-0.25, -0.2) is 0 Å². The van der Waals surface area contributed by atoms with Gasteiger partial charge in [0.05, 0.1) is 6.04 Å². The highest BCUT2D eigenvalue weighted by Crippen LogP contribution is 1.99. The van der Waals surface area contributed by atoms with Crippen molar-refractivity contribution in [1.29, 1.82) is 0 Å². The molecule has 0 aliphatic rings. The van der Waals surface area contributed by atoms with Gasteiger partial charge in [0.15, 0.2) is 0 Å². The molecular weight excluding hydrogens is 152 g/mol. The Labute approximate surface area is 74.9 Å². The fourth-order valence-electron chi connectivity index (χ4n) is 0.647. The zero-order chi connectivity index (χ0) is 9.72. The van der Waals surface area contributed by atoms with Gasteiger partial charge in [-0.3, -0.25) is 4.79 Å². The molecule has 0 aromatic rings. The van der Waals surface area contributed by atoms with E-state index >= 15 is 0 Å². The Bertz CT molecular complexity index is 145. The van der Waals surface area contributed by atoms with Crippen molar-refractivity contribution in [3.63, 3.8) is 0 Å². The molecule has 3 heteroatoms. The monoisotopic (exact) mass is 172 g/mol. The lowest BCUT2D eigenvalue weighted by molar-refractivity contribution is -0.123. The summed E-state index contributed by atoms with van der Waals surface area (Å²) >= 11 is 0. The number of likely N-dealkylation sites (N-methyl/N-ethyl adjacent to an activating group) is 1. The number of nitrogens with one attached hydrogen (secondary N) is 2. The predicted octanol–water partition coefficient (Wildman–Crippen LogP) is 0.755. The Morgan fingerprint density at radius 3 is 2.00 bits per heavy atom. The van der Waals surface area contributed by atoms with Crippen molar-refractivity contribution >= 4 is 5.91 Å². The lowest BCUT2D eigenvalue weighted by Crippen LogP contribution is -2.45. The molecule has 0 spiro atoms. The lowest BCUT2D eigenvalue weighted by Gasteiger charge is -2.19. The van der Waals surface area contributed by atoms with Crippen molar-refractivity contribution in [3.05, 3.63) is 0 Å². The van der Waals surface area contributed by atoms with E-state index < -0.39 is 0 Å². The number of hydrogen-bond acceptors (Lipinski definition) is 2. The molecular formula is C9H20N2O. The highest BCUT2D eigenvalue weighted by atomic mass is 16.2. The first-order valence-electron chi connectivity index (χ1n) is 4.46. The van der Waals surface area contributed by atoms with Crippen LogP contribution in [0.25, 0.3) is 0 Å². The third-order valence-electron chi connectivity index (χ3n) is 2.20. The van der Waals surface area contributed by atoms with E-state index in [9.17, 15) is 4.79 Å². The SMILES string of the molecule is CN[C@@H](C)C(=O)NC(C)C(C)C. The van der Waals surface area contributed by atoms with E-state index in [0.29, 0.717) is 5.92 Å². The minimum Gasteiger partial charge on any atom is -0.352 e. The second-order valence-electron chi connectivity index (χ2n) is 3.55. The highest BCUT2D eigenvalue weighted by molar-refractivity contribution is 5.81. The van der Waals surface area contributed by atoms with Crippen LogP contribution in [-0.2, 0) is 4.79 Å². The zero-order valence-electron chi connectivity index (χ0n) is 8.64. The van der Waals surface area contributed by atoms with Crippen LogP contribution in [0.1, 0.15) is 27.7 Å². The van der Waals surface area contributed by atoms with Crippen molar-refractivity contribution in [2.45, 2.75) is 39.8 Å². The van der Waals surface area contributed by atoms with E-state index in [1.165, 1.54) is 0 Å². The minimum atomic E-state index is -0.105. The summed E-state index contributed by atoms with van der Waals surface area (Å²) in [6.45, 7) is 8.05. The van der Waals surface area contributed by atoms with Gasteiger partial charge in [0.25, 0.3) is 0 Å². The molecule has 0 aromatic carbocycles. The van der Waals surface area contributed by atoms with Crippen molar-refractivity contribution in [2.24, 2.45) is 5.92 Å². The zero-order valence-corrected chi connectivity index (χ0v) is 8.64. The first-order chi connectivity index (χ1) is 5.49. The number of hydrogen-bond donors (Lipinski definition) is 2. The molecule has 0 radical (unpaired) electrons. The van der Waals surface area contributed by atoms with Crippen LogP contribution in [0.15, 0.2) is 0 Å². The number of amides is 1. The molecule has 2 N–H and O–H groups in total. The van der Waals surface area contributed by atoms with Gasteiger partial charge < -0.3 is 10.6 Å². The molecule has 72 valence electrons. The van der Waals surface area contributed by atoms with Crippen LogP contribution in [0.5, 0.6) is 0 Å². The van der Waals surface area contributed by atoms with Gasteiger partial charge in [-0.1, -0.05) is 13.8 Å². The van der Waals surface area contributed by atoms with Crippen LogP contribution in [0.3, 0.4) is 0 Å². The second kappa shape index (κ2) is 5.14. The largest absolute Gasteiger partial charge is 0.352 e. The molecule has 0 fully saturated rings. The maximum Gasteiger partial charge on any atom is 0.237 e. The number of rotatable bonds is 4. The van der Waals surface area contributed by atoms with E-state index in [-0.39, 0.29) is 18.0 Å². The van der Waals surface area contributed by atoms with Crippen LogP contribution in [-0.4, -0.2) is 25.0 Å². The molecule has 0 heterocycles. The second-order valence-corrected chi connectivity index (χ2v) is 3.55. The molecule has 3 nitrogen and oxygen atoms in total. The third-order valence-corrected chi connectivity index (χ3v) is 2.20. The summed E-state index contributed by atoms with van der Waals surface area (Å²) in [5, 5.41) is 5.83. The van der Waals surface area contributed by atoms with Crippen LogP contribution in [0.2, 0.25) is 0 Å². The predicted molar refractivity (Wildman–Crippen MR) is 51.0 cm³/mol. The number of carbonyl (C=O) groups excluding carboxylic acids is 1. The van der Waals surface area contributed by atoms with Crippen molar-refractivity contribution in [1.82, 2.24) is 10.6 Å². The molecule has 12 heavy (non-hydrogen) atoms. The summed E-state index contributed by atoms with van der Waals surface area (Å²) in [7, 11) is 1.78. The maximum atomic E-state index is 11.3. The normalized spacial score (nSPS) is 15.8. The topological polar surface area (TPSA) is 41.1 Å². The summed E-state index contributed by atoms with van der Waals surface area (Å²) in [5.41, 5.74) is 0. The average Bonchev–Trinajstić information content (AvgIpc) is 2.02. The summed E-state index contributed by atoms with van der Waals surface area (Å²) < 4.78 is 0. The molecule has 1 amide bonds. The van der Waals surface area contributed by atoms with Gasteiger partial charge in [0, 0.05) is 6.04 Å².